The van der Waals surface area contributed by atoms with E-state index in [4.69, 9.17) is 5.73 Å². The molecule has 3 N–H and O–H groups in total. The summed E-state index contributed by atoms with van der Waals surface area (Å²) in [6.45, 7) is 1.10. The zero-order chi connectivity index (χ0) is 9.14. The van der Waals surface area contributed by atoms with Crippen LogP contribution in [0.5, 0.6) is 5.75 Å². The summed E-state index contributed by atoms with van der Waals surface area (Å²) < 4.78 is 12.1. The topological polar surface area (TPSA) is 46.2 Å². The van der Waals surface area contributed by atoms with Crippen LogP contribution in [-0.4, -0.2) is 11.8 Å². The van der Waals surface area contributed by atoms with Gasteiger partial charge in [0.25, 0.3) is 0 Å². The van der Waals surface area contributed by atoms with Crippen LogP contribution in [-0.2, 0) is 0 Å². The van der Waals surface area contributed by atoms with Crippen LogP contribution in [0.25, 0.3) is 0 Å². The Balaban J connectivity index is 0.00000144. The Morgan fingerprint density at radius 1 is 1.54 bits per heavy atom. The van der Waals surface area contributed by atoms with E-state index in [9.17, 15) is 9.50 Å². The highest BCUT2D eigenvalue weighted by molar-refractivity contribution is 5.85. The summed E-state index contributed by atoms with van der Waals surface area (Å²) in [5.41, 5.74) is 6.62. The van der Waals surface area contributed by atoms with Gasteiger partial charge >= 0.3 is 0 Å². The molecule has 0 amide bonds. The molecule has 0 saturated carbocycles. The summed E-state index contributed by atoms with van der Waals surface area (Å²) in [7, 11) is 0. The lowest BCUT2D eigenvalue weighted by atomic mass is 10.0. The summed E-state index contributed by atoms with van der Waals surface area (Å²) >= 11 is 0. The van der Waals surface area contributed by atoms with Crippen LogP contribution in [0.1, 0.15) is 17.2 Å². The number of phenols is 1. The summed E-state index contributed by atoms with van der Waals surface area (Å²) in [4.78, 5) is 0. The van der Waals surface area contributed by atoms with Crippen molar-refractivity contribution < 1.29 is 9.50 Å². The molecule has 1 atom stereocenters. The zero-order valence-corrected chi connectivity index (χ0v) is 8.14. The molecule has 0 heterocycles. The van der Waals surface area contributed by atoms with Crippen molar-refractivity contribution in [3.05, 3.63) is 29.3 Å². The number of nitrogens with two attached hydrogens (primary N) is 1. The minimum Gasteiger partial charge on any atom is -0.507 e. The standard InChI is InChI=1S/C9H12FNO.ClH/c1-6-3-2-4-7(9(6)12)8(11)5-10;/h2-4,8,12H,5,11H2,1H3;1H/t8-;/m0./s1. The van der Waals surface area contributed by atoms with E-state index in [-0.39, 0.29) is 18.2 Å². The van der Waals surface area contributed by atoms with Crippen molar-refractivity contribution in [3.8, 4) is 5.75 Å². The van der Waals surface area contributed by atoms with Crippen molar-refractivity contribution in [2.75, 3.05) is 6.67 Å². The van der Waals surface area contributed by atoms with E-state index in [0.29, 0.717) is 5.56 Å². The maximum atomic E-state index is 12.1. The molecule has 0 spiro atoms. The summed E-state index contributed by atoms with van der Waals surface area (Å²) in [5.74, 6) is 0.0997. The molecule has 4 heteroatoms. The summed E-state index contributed by atoms with van der Waals surface area (Å²) in [6, 6.07) is 4.42. The Morgan fingerprint density at radius 3 is 2.69 bits per heavy atom. The van der Waals surface area contributed by atoms with E-state index in [1.54, 1.807) is 25.1 Å². The van der Waals surface area contributed by atoms with Gasteiger partial charge in [0.1, 0.15) is 12.4 Å². The van der Waals surface area contributed by atoms with Gasteiger partial charge in [-0.05, 0) is 12.5 Å². The van der Waals surface area contributed by atoms with Gasteiger partial charge in [0, 0.05) is 5.56 Å². The predicted octanol–water partition coefficient (Wildman–Crippen LogP) is 2.09. The number of hydrogen-bond acceptors (Lipinski definition) is 2. The molecular formula is C9H13ClFNO. The molecule has 0 aliphatic rings. The minimum atomic E-state index is -0.718. The molecule has 1 rings (SSSR count). The first kappa shape index (κ1) is 12.2. The third-order valence-electron chi connectivity index (χ3n) is 1.83. The van der Waals surface area contributed by atoms with Crippen molar-refractivity contribution in [2.24, 2.45) is 5.73 Å². The lowest BCUT2D eigenvalue weighted by Crippen LogP contribution is -2.12. The summed E-state index contributed by atoms with van der Waals surface area (Å²) in [6.07, 6.45) is 0. The number of hydrogen-bond donors (Lipinski definition) is 2. The Kier molecular flexibility index (Phi) is 4.73. The highest BCUT2D eigenvalue weighted by Crippen LogP contribution is 2.25. The van der Waals surface area contributed by atoms with Crippen molar-refractivity contribution in [3.63, 3.8) is 0 Å². The smallest absolute Gasteiger partial charge is 0.123 e. The molecule has 0 aliphatic heterocycles. The SMILES string of the molecule is Cc1cccc([C@@H](N)CF)c1O.Cl. The van der Waals surface area contributed by atoms with Crippen LogP contribution in [0.4, 0.5) is 4.39 Å². The Morgan fingerprint density at radius 2 is 2.15 bits per heavy atom. The van der Waals surface area contributed by atoms with Crippen LogP contribution in [0, 0.1) is 6.92 Å². The Hall–Kier alpha value is -0.800. The van der Waals surface area contributed by atoms with E-state index < -0.39 is 12.7 Å². The third kappa shape index (κ3) is 2.57. The van der Waals surface area contributed by atoms with Crippen molar-refractivity contribution in [1.82, 2.24) is 0 Å². The van der Waals surface area contributed by atoms with Crippen LogP contribution < -0.4 is 5.73 Å². The molecule has 0 aliphatic carbocycles. The zero-order valence-electron chi connectivity index (χ0n) is 7.33. The Bertz CT molecular complexity index is 280. The second kappa shape index (κ2) is 5.04. The molecule has 1 aromatic carbocycles. The number of alkyl halides is 1. The molecule has 0 fully saturated rings. The molecule has 74 valence electrons. The van der Waals surface area contributed by atoms with Gasteiger partial charge in [-0.15, -0.1) is 12.4 Å². The second-order valence-electron chi connectivity index (χ2n) is 2.77. The molecule has 0 bridgehead atoms. The molecule has 0 unspecified atom stereocenters. The highest BCUT2D eigenvalue weighted by Gasteiger charge is 2.10. The number of halogens is 2. The number of benzene rings is 1. The third-order valence-corrected chi connectivity index (χ3v) is 1.83. The first-order valence-corrected chi connectivity index (χ1v) is 3.77. The summed E-state index contributed by atoms with van der Waals surface area (Å²) in [5, 5.41) is 9.45. The average Bonchev–Trinajstić information content (AvgIpc) is 2.08. The lowest BCUT2D eigenvalue weighted by molar-refractivity contribution is 0.413. The highest BCUT2D eigenvalue weighted by atomic mass is 35.5. The normalized spacial score (nSPS) is 11.9. The van der Waals surface area contributed by atoms with Gasteiger partial charge in [-0.3, -0.25) is 0 Å². The molecule has 0 saturated heterocycles. The number of rotatable bonds is 2. The van der Waals surface area contributed by atoms with Gasteiger partial charge in [-0.1, -0.05) is 18.2 Å². The fourth-order valence-electron chi connectivity index (χ4n) is 1.06. The first-order chi connectivity index (χ1) is 5.66. The Labute approximate surface area is 83.0 Å². The van der Waals surface area contributed by atoms with Gasteiger partial charge in [0.15, 0.2) is 0 Å². The van der Waals surface area contributed by atoms with Crippen LogP contribution in [0.3, 0.4) is 0 Å². The van der Waals surface area contributed by atoms with Gasteiger partial charge in [0.05, 0.1) is 6.04 Å². The molecule has 13 heavy (non-hydrogen) atoms. The molecule has 0 radical (unpaired) electrons. The van der Waals surface area contributed by atoms with E-state index in [0.717, 1.165) is 5.56 Å². The fourth-order valence-corrected chi connectivity index (χ4v) is 1.06. The number of para-hydroxylation sites is 1. The lowest BCUT2D eigenvalue weighted by Gasteiger charge is -2.10. The largest absolute Gasteiger partial charge is 0.507 e. The van der Waals surface area contributed by atoms with Gasteiger partial charge in [-0.25, -0.2) is 4.39 Å². The molecule has 2 nitrogen and oxygen atoms in total. The van der Waals surface area contributed by atoms with Crippen molar-refractivity contribution in [1.29, 1.82) is 0 Å². The van der Waals surface area contributed by atoms with E-state index in [1.807, 2.05) is 0 Å². The monoisotopic (exact) mass is 205 g/mol. The molecule has 0 aromatic heterocycles. The minimum absolute atomic E-state index is 0. The van der Waals surface area contributed by atoms with Crippen LogP contribution in [0.15, 0.2) is 18.2 Å². The predicted molar refractivity (Wildman–Crippen MR) is 53.0 cm³/mol. The van der Waals surface area contributed by atoms with E-state index in [2.05, 4.69) is 0 Å². The van der Waals surface area contributed by atoms with Gasteiger partial charge in [-0.2, -0.15) is 0 Å². The maximum Gasteiger partial charge on any atom is 0.123 e. The van der Waals surface area contributed by atoms with Gasteiger partial charge in [0.2, 0.25) is 0 Å². The van der Waals surface area contributed by atoms with E-state index in [1.165, 1.54) is 0 Å². The number of aryl methyl sites for hydroxylation is 1. The average molecular weight is 206 g/mol. The van der Waals surface area contributed by atoms with E-state index >= 15 is 0 Å². The molecule has 1 aromatic rings. The van der Waals surface area contributed by atoms with Crippen molar-refractivity contribution >= 4 is 12.4 Å². The van der Waals surface area contributed by atoms with Crippen LogP contribution in [0.2, 0.25) is 0 Å². The molecular weight excluding hydrogens is 193 g/mol. The maximum absolute atomic E-state index is 12.1. The van der Waals surface area contributed by atoms with Crippen LogP contribution >= 0.6 is 12.4 Å². The fraction of sp³-hybridized carbons (Fsp3) is 0.333. The second-order valence-corrected chi connectivity index (χ2v) is 2.77. The first-order valence-electron chi connectivity index (χ1n) is 3.77. The number of aromatic hydroxyl groups is 1. The van der Waals surface area contributed by atoms with Crippen molar-refractivity contribution in [2.45, 2.75) is 13.0 Å². The van der Waals surface area contributed by atoms with Gasteiger partial charge < -0.3 is 10.8 Å². The quantitative estimate of drug-likeness (QED) is 0.777. The number of phenolic OH excluding ortho intramolecular Hbond substituents is 1.